The molecule has 2 unspecified atom stereocenters. The molecule has 1 fully saturated rings. The molecule has 8 nitrogen and oxygen atoms in total. The fourth-order valence-electron chi connectivity index (χ4n) is 3.25. The van der Waals surface area contributed by atoms with Gasteiger partial charge in [-0.15, -0.1) is 0 Å². The molecule has 0 spiro atoms. The van der Waals surface area contributed by atoms with E-state index in [-0.39, 0.29) is 23.1 Å². The molecule has 24 heavy (non-hydrogen) atoms. The number of hydrogen-bond acceptors (Lipinski definition) is 8. The van der Waals surface area contributed by atoms with Crippen molar-refractivity contribution in [3.63, 3.8) is 0 Å². The van der Waals surface area contributed by atoms with Crippen LogP contribution in [-0.2, 0) is 9.53 Å². The van der Waals surface area contributed by atoms with Crippen LogP contribution in [0.4, 0.5) is 0 Å². The fraction of sp³-hybridized carbons (Fsp3) is 0.312. The molecule has 0 aliphatic carbocycles. The number of rotatable bonds is 2. The summed E-state index contributed by atoms with van der Waals surface area (Å²) in [7, 11) is 1.37. The lowest BCUT2D eigenvalue weighted by molar-refractivity contribution is -0.150. The summed E-state index contributed by atoms with van der Waals surface area (Å²) in [5, 5.41) is 10.5. The molecule has 1 N–H and O–H groups in total. The van der Waals surface area contributed by atoms with Crippen molar-refractivity contribution in [2.45, 2.75) is 25.6 Å². The molecule has 8 heteroatoms. The quantitative estimate of drug-likeness (QED) is 0.500. The van der Waals surface area contributed by atoms with Crippen LogP contribution in [0.2, 0.25) is 0 Å². The van der Waals surface area contributed by atoms with Gasteiger partial charge in [-0.05, 0) is 6.92 Å². The average Bonchev–Trinajstić information content (AvgIpc) is 3.00. The van der Waals surface area contributed by atoms with Crippen LogP contribution in [0, 0.1) is 0 Å². The Morgan fingerprint density at radius 1 is 1.33 bits per heavy atom. The van der Waals surface area contributed by atoms with E-state index in [1.54, 1.807) is 0 Å². The lowest BCUT2D eigenvalue weighted by Crippen LogP contribution is -2.15. The predicted molar refractivity (Wildman–Crippen MR) is 78.6 cm³/mol. The van der Waals surface area contributed by atoms with E-state index >= 15 is 0 Å². The highest BCUT2D eigenvalue weighted by Crippen LogP contribution is 2.51. The third kappa shape index (κ3) is 1.76. The summed E-state index contributed by atoms with van der Waals surface area (Å²) in [6.45, 7) is 1.15. The second-order valence-electron chi connectivity index (χ2n) is 5.65. The lowest BCUT2D eigenvalue weighted by Gasteiger charge is -2.12. The molecule has 2 aromatic rings. The van der Waals surface area contributed by atoms with E-state index in [4.69, 9.17) is 18.6 Å². The molecule has 4 rings (SSSR count). The molecule has 3 heterocycles. The van der Waals surface area contributed by atoms with Gasteiger partial charge in [0, 0.05) is 11.6 Å². The number of Topliss-reactive ketones (excluding diaryl/α,β-unsaturated/α-hetero) is 1. The van der Waals surface area contributed by atoms with Gasteiger partial charge in [-0.2, -0.15) is 0 Å². The van der Waals surface area contributed by atoms with E-state index in [1.807, 2.05) is 0 Å². The Kier molecular flexibility index (Phi) is 2.87. The standard InChI is InChI=1S/C16H12O8/c1-5(17)10-13(19)12-7(21-2)4-8-11(14(12)24-15(10)20)6-3-9(18)23-16(6)22-8/h4,6,16,19H,3H2,1-2H3. The highest BCUT2D eigenvalue weighted by molar-refractivity contribution is 6.04. The maximum atomic E-state index is 12.1. The van der Waals surface area contributed by atoms with E-state index < -0.39 is 40.9 Å². The SMILES string of the molecule is COc1cc2c(c3oc(=O)c(C(C)=O)c(O)c13)C1CC(=O)OC1O2. The highest BCUT2D eigenvalue weighted by Gasteiger charge is 2.47. The molecule has 2 aliphatic rings. The van der Waals surface area contributed by atoms with E-state index in [9.17, 15) is 19.5 Å². The first kappa shape index (κ1) is 14.6. The molecule has 1 aromatic heterocycles. The van der Waals surface area contributed by atoms with Crippen molar-refractivity contribution in [3.8, 4) is 17.2 Å². The molecule has 0 saturated carbocycles. The largest absolute Gasteiger partial charge is 0.506 e. The van der Waals surface area contributed by atoms with Gasteiger partial charge >= 0.3 is 11.6 Å². The monoisotopic (exact) mass is 332 g/mol. The number of ketones is 1. The Balaban J connectivity index is 2.11. The number of carbonyl (C=O) groups is 2. The van der Waals surface area contributed by atoms with Gasteiger partial charge in [0.2, 0.25) is 0 Å². The molecule has 124 valence electrons. The second kappa shape index (κ2) is 4.73. The van der Waals surface area contributed by atoms with Crippen LogP contribution >= 0.6 is 0 Å². The second-order valence-corrected chi connectivity index (χ2v) is 5.65. The van der Waals surface area contributed by atoms with Gasteiger partial charge in [-0.25, -0.2) is 4.79 Å². The van der Waals surface area contributed by atoms with Crippen LogP contribution in [0.25, 0.3) is 11.0 Å². The normalized spacial score (nSPS) is 21.2. The molecule has 1 saturated heterocycles. The summed E-state index contributed by atoms with van der Waals surface area (Å²) in [6, 6.07) is 1.51. The third-order valence-electron chi connectivity index (χ3n) is 4.27. The van der Waals surface area contributed by atoms with Gasteiger partial charge in [-0.1, -0.05) is 0 Å². The average molecular weight is 332 g/mol. The van der Waals surface area contributed by atoms with Crippen molar-refractivity contribution in [2.24, 2.45) is 0 Å². The first-order valence-electron chi connectivity index (χ1n) is 7.20. The first-order valence-corrected chi connectivity index (χ1v) is 7.20. The Labute approximate surface area is 134 Å². The number of methoxy groups -OCH3 is 1. The summed E-state index contributed by atoms with van der Waals surface area (Å²) in [5.74, 6) is -1.49. The van der Waals surface area contributed by atoms with Crippen molar-refractivity contribution >= 4 is 22.7 Å². The maximum absolute atomic E-state index is 12.1. The molecule has 0 bridgehead atoms. The number of esters is 1. The van der Waals surface area contributed by atoms with E-state index in [2.05, 4.69) is 0 Å². The van der Waals surface area contributed by atoms with Gasteiger partial charge in [0.15, 0.2) is 11.4 Å². The van der Waals surface area contributed by atoms with E-state index in [0.717, 1.165) is 6.92 Å². The van der Waals surface area contributed by atoms with Crippen LogP contribution in [0.1, 0.15) is 35.2 Å². The minimum atomic E-state index is -0.961. The topological polar surface area (TPSA) is 112 Å². The number of carbonyl (C=O) groups excluding carboxylic acids is 2. The Hall–Kier alpha value is -3.03. The molecule has 2 aliphatic heterocycles. The number of hydrogen-bond donors (Lipinski definition) is 1. The zero-order chi connectivity index (χ0) is 17.2. The zero-order valence-corrected chi connectivity index (χ0v) is 12.7. The van der Waals surface area contributed by atoms with E-state index in [0.29, 0.717) is 11.3 Å². The highest BCUT2D eigenvalue weighted by atomic mass is 16.7. The summed E-state index contributed by atoms with van der Waals surface area (Å²) in [6.07, 6.45) is -0.736. The van der Waals surface area contributed by atoms with Gasteiger partial charge < -0.3 is 23.7 Å². The number of benzene rings is 1. The smallest absolute Gasteiger partial charge is 0.351 e. The Bertz CT molecular complexity index is 970. The molecular formula is C16H12O8. The minimum Gasteiger partial charge on any atom is -0.506 e. The van der Waals surface area contributed by atoms with Crippen LogP contribution in [0.5, 0.6) is 17.2 Å². The van der Waals surface area contributed by atoms with Gasteiger partial charge in [0.1, 0.15) is 28.2 Å². The predicted octanol–water partition coefficient (Wildman–Crippen LogP) is 1.46. The lowest BCUT2D eigenvalue weighted by atomic mass is 9.95. The Morgan fingerprint density at radius 2 is 2.08 bits per heavy atom. The van der Waals surface area contributed by atoms with Crippen LogP contribution in [-0.4, -0.2) is 30.3 Å². The van der Waals surface area contributed by atoms with Crippen LogP contribution in [0.3, 0.4) is 0 Å². The number of ether oxygens (including phenoxy) is 3. The third-order valence-corrected chi connectivity index (χ3v) is 4.27. The van der Waals surface area contributed by atoms with Crippen molar-refractivity contribution in [2.75, 3.05) is 7.11 Å². The van der Waals surface area contributed by atoms with Crippen molar-refractivity contribution in [3.05, 3.63) is 27.6 Å². The molecule has 0 amide bonds. The van der Waals surface area contributed by atoms with Crippen molar-refractivity contribution in [1.82, 2.24) is 0 Å². The van der Waals surface area contributed by atoms with Crippen molar-refractivity contribution < 1.29 is 33.3 Å². The molecule has 0 radical (unpaired) electrons. The minimum absolute atomic E-state index is 0.0302. The summed E-state index contributed by atoms with van der Waals surface area (Å²) in [4.78, 5) is 35.3. The van der Waals surface area contributed by atoms with E-state index in [1.165, 1.54) is 13.2 Å². The summed E-state index contributed by atoms with van der Waals surface area (Å²) in [5.41, 5.74) is -0.932. The van der Waals surface area contributed by atoms with Gasteiger partial charge in [0.25, 0.3) is 6.29 Å². The molecule has 1 aromatic carbocycles. The zero-order valence-electron chi connectivity index (χ0n) is 12.7. The Morgan fingerprint density at radius 3 is 2.75 bits per heavy atom. The fourth-order valence-corrected chi connectivity index (χ4v) is 3.25. The van der Waals surface area contributed by atoms with Gasteiger partial charge in [0.05, 0.1) is 19.4 Å². The van der Waals surface area contributed by atoms with Gasteiger partial charge in [-0.3, -0.25) is 9.59 Å². The first-order chi connectivity index (χ1) is 11.4. The number of aromatic hydroxyl groups is 1. The van der Waals surface area contributed by atoms with Crippen LogP contribution in [0.15, 0.2) is 15.3 Å². The summed E-state index contributed by atoms with van der Waals surface area (Å²) < 4.78 is 21.2. The van der Waals surface area contributed by atoms with Crippen molar-refractivity contribution in [1.29, 1.82) is 0 Å². The summed E-state index contributed by atoms with van der Waals surface area (Å²) >= 11 is 0. The molecule has 2 atom stereocenters. The number of fused-ring (bicyclic) bond motifs is 5. The maximum Gasteiger partial charge on any atom is 0.351 e. The molecular weight excluding hydrogens is 320 g/mol. The van der Waals surface area contributed by atoms with Crippen LogP contribution < -0.4 is 15.1 Å².